The van der Waals surface area contributed by atoms with Crippen LogP contribution in [0.5, 0.6) is 5.75 Å². The first-order chi connectivity index (χ1) is 10.5. The van der Waals surface area contributed by atoms with Crippen molar-refractivity contribution < 1.29 is 21.7 Å². The van der Waals surface area contributed by atoms with Gasteiger partial charge in [0.05, 0.1) is 24.3 Å². The molecule has 0 N–H and O–H groups in total. The molecule has 0 bridgehead atoms. The van der Waals surface area contributed by atoms with E-state index in [1.807, 2.05) is 6.92 Å². The molecule has 5 nitrogen and oxygen atoms in total. The first kappa shape index (κ1) is 16.4. The lowest BCUT2D eigenvalue weighted by Crippen LogP contribution is -2.10. The third-order valence-corrected chi connectivity index (χ3v) is 4.13. The summed E-state index contributed by atoms with van der Waals surface area (Å²) in [5.41, 5.74) is 0.972. The Morgan fingerprint density at radius 2 is 1.82 bits per heavy atom. The summed E-state index contributed by atoms with van der Waals surface area (Å²) in [7, 11) is -3.75. The van der Waals surface area contributed by atoms with E-state index in [4.69, 9.17) is 8.92 Å². The number of benzene rings is 1. The number of aryl methyl sites for hydroxylation is 1. The van der Waals surface area contributed by atoms with Gasteiger partial charge in [0.25, 0.3) is 10.1 Å². The number of pyridine rings is 1. The maximum atomic E-state index is 12.6. The van der Waals surface area contributed by atoms with Crippen LogP contribution in [0.1, 0.15) is 12.0 Å². The van der Waals surface area contributed by atoms with E-state index in [2.05, 4.69) is 4.98 Å². The quantitative estimate of drug-likeness (QED) is 0.445. The van der Waals surface area contributed by atoms with Gasteiger partial charge in [-0.2, -0.15) is 12.8 Å². The number of hydrogen-bond acceptors (Lipinski definition) is 5. The molecule has 7 heteroatoms. The van der Waals surface area contributed by atoms with Gasteiger partial charge in [0.15, 0.2) is 0 Å². The van der Waals surface area contributed by atoms with E-state index in [1.165, 1.54) is 30.5 Å². The molecule has 0 atom stereocenters. The summed E-state index contributed by atoms with van der Waals surface area (Å²) in [4.78, 5) is 3.57. The molecule has 0 aliphatic carbocycles. The summed E-state index contributed by atoms with van der Waals surface area (Å²) in [5.74, 6) is -0.164. The van der Waals surface area contributed by atoms with E-state index in [0.717, 1.165) is 5.56 Å². The molecule has 0 unspecified atom stereocenters. The number of halogens is 1. The van der Waals surface area contributed by atoms with Gasteiger partial charge in [0.1, 0.15) is 5.75 Å². The van der Waals surface area contributed by atoms with Crippen LogP contribution in [0.25, 0.3) is 0 Å². The van der Waals surface area contributed by atoms with Crippen molar-refractivity contribution in [1.82, 2.24) is 4.98 Å². The number of rotatable bonds is 7. The highest BCUT2D eigenvalue weighted by Crippen LogP contribution is 2.14. The van der Waals surface area contributed by atoms with Gasteiger partial charge in [0.2, 0.25) is 5.95 Å². The van der Waals surface area contributed by atoms with E-state index >= 15 is 0 Å². The van der Waals surface area contributed by atoms with E-state index in [1.54, 1.807) is 12.1 Å². The zero-order valence-electron chi connectivity index (χ0n) is 12.0. The molecular weight excluding hydrogens is 309 g/mol. The lowest BCUT2D eigenvalue weighted by molar-refractivity contribution is 0.250. The van der Waals surface area contributed by atoms with Crippen molar-refractivity contribution in [3.63, 3.8) is 0 Å². The fourth-order valence-electron chi connectivity index (χ4n) is 1.64. The average molecular weight is 325 g/mol. The number of hydrogen-bond donors (Lipinski definition) is 0. The predicted octanol–water partition coefficient (Wildman–Crippen LogP) is 2.70. The van der Waals surface area contributed by atoms with Crippen LogP contribution in [-0.2, 0) is 14.3 Å². The van der Waals surface area contributed by atoms with Crippen molar-refractivity contribution in [3.05, 3.63) is 54.1 Å². The molecule has 2 rings (SSSR count). The van der Waals surface area contributed by atoms with Crippen LogP contribution in [-0.4, -0.2) is 26.6 Å². The van der Waals surface area contributed by atoms with Crippen molar-refractivity contribution in [2.24, 2.45) is 0 Å². The average Bonchev–Trinajstić information content (AvgIpc) is 2.49. The van der Waals surface area contributed by atoms with Crippen molar-refractivity contribution in [2.75, 3.05) is 13.2 Å². The molecule has 118 valence electrons. The predicted molar refractivity (Wildman–Crippen MR) is 78.6 cm³/mol. The second kappa shape index (κ2) is 7.33. The molecule has 0 saturated carbocycles. The Morgan fingerprint density at radius 3 is 2.45 bits per heavy atom. The Morgan fingerprint density at radius 1 is 1.09 bits per heavy atom. The van der Waals surface area contributed by atoms with Crippen LogP contribution in [0.2, 0.25) is 0 Å². The first-order valence-electron chi connectivity index (χ1n) is 6.68. The highest BCUT2D eigenvalue weighted by atomic mass is 32.2. The summed E-state index contributed by atoms with van der Waals surface area (Å²) < 4.78 is 46.6. The zero-order valence-corrected chi connectivity index (χ0v) is 12.8. The smallest absolute Gasteiger partial charge is 0.296 e. The molecule has 0 spiro atoms. The summed E-state index contributed by atoms with van der Waals surface area (Å²) in [6.07, 6.45) is 1.64. The van der Waals surface area contributed by atoms with Crippen LogP contribution in [0.3, 0.4) is 0 Å². The van der Waals surface area contributed by atoms with E-state index in [-0.39, 0.29) is 18.1 Å². The monoisotopic (exact) mass is 325 g/mol. The fraction of sp³-hybridized carbons (Fsp3) is 0.267. The van der Waals surface area contributed by atoms with Gasteiger partial charge in [-0.3, -0.25) is 4.18 Å². The molecule has 0 radical (unpaired) electrons. The molecule has 0 aliphatic rings. The number of aromatic nitrogens is 1. The van der Waals surface area contributed by atoms with Crippen molar-refractivity contribution in [3.8, 4) is 5.75 Å². The Labute approximate surface area is 128 Å². The van der Waals surface area contributed by atoms with Gasteiger partial charge in [-0.1, -0.05) is 17.7 Å². The minimum atomic E-state index is -3.75. The number of ether oxygens (including phenoxy) is 1. The van der Waals surface area contributed by atoms with Crippen LogP contribution in [0.4, 0.5) is 4.39 Å². The van der Waals surface area contributed by atoms with Gasteiger partial charge in [0, 0.05) is 6.42 Å². The lowest BCUT2D eigenvalue weighted by atomic mass is 10.2. The maximum absolute atomic E-state index is 12.6. The summed E-state index contributed by atoms with van der Waals surface area (Å²) in [5, 5.41) is 0. The van der Waals surface area contributed by atoms with Gasteiger partial charge in [-0.15, -0.1) is 0 Å². The molecule has 0 amide bonds. The van der Waals surface area contributed by atoms with Gasteiger partial charge < -0.3 is 4.74 Å². The molecule has 0 aliphatic heterocycles. The van der Waals surface area contributed by atoms with Crippen LogP contribution in [0, 0.1) is 12.9 Å². The molecule has 1 aromatic carbocycles. The highest BCUT2D eigenvalue weighted by molar-refractivity contribution is 7.86. The molecule has 22 heavy (non-hydrogen) atoms. The Balaban J connectivity index is 1.76. The molecule has 0 fully saturated rings. The second-order valence-corrected chi connectivity index (χ2v) is 6.22. The maximum Gasteiger partial charge on any atom is 0.296 e. The zero-order chi connectivity index (χ0) is 16.0. The highest BCUT2D eigenvalue weighted by Gasteiger charge is 2.14. The normalized spacial score (nSPS) is 11.4. The van der Waals surface area contributed by atoms with Crippen LogP contribution >= 0.6 is 0 Å². The summed E-state index contributed by atoms with van der Waals surface area (Å²) in [6.45, 7) is 2.13. The Hall–Kier alpha value is -1.99. The molecule has 0 saturated heterocycles. The summed E-state index contributed by atoms with van der Waals surface area (Å²) in [6, 6.07) is 9.07. The third kappa shape index (κ3) is 4.78. The minimum Gasteiger partial charge on any atom is -0.492 e. The van der Waals surface area contributed by atoms with Crippen LogP contribution in [0.15, 0.2) is 47.5 Å². The SMILES string of the molecule is Cc1ccc(S(=O)(=O)OCCCOc2ccc(F)nc2)cc1. The van der Waals surface area contributed by atoms with Gasteiger partial charge in [-0.05, 0) is 31.2 Å². The van der Waals surface area contributed by atoms with E-state index in [9.17, 15) is 12.8 Å². The Kier molecular flexibility index (Phi) is 5.46. The van der Waals surface area contributed by atoms with Crippen molar-refractivity contribution in [1.29, 1.82) is 0 Å². The van der Waals surface area contributed by atoms with Crippen molar-refractivity contribution >= 4 is 10.1 Å². The molecular formula is C15H16FNO4S. The van der Waals surface area contributed by atoms with Gasteiger partial charge in [-0.25, -0.2) is 4.98 Å². The number of nitrogens with zero attached hydrogens (tertiary/aromatic N) is 1. The lowest BCUT2D eigenvalue weighted by Gasteiger charge is -2.07. The fourth-order valence-corrected chi connectivity index (χ4v) is 2.58. The van der Waals surface area contributed by atoms with E-state index in [0.29, 0.717) is 12.2 Å². The minimum absolute atomic E-state index is 0.00479. The molecule has 1 aromatic heterocycles. The first-order valence-corrected chi connectivity index (χ1v) is 8.09. The van der Waals surface area contributed by atoms with Crippen LogP contribution < -0.4 is 4.74 Å². The third-order valence-electron chi connectivity index (χ3n) is 2.81. The van der Waals surface area contributed by atoms with Crippen molar-refractivity contribution in [2.45, 2.75) is 18.2 Å². The van der Waals surface area contributed by atoms with E-state index < -0.39 is 16.1 Å². The molecule has 1 heterocycles. The largest absolute Gasteiger partial charge is 0.492 e. The molecule has 2 aromatic rings. The topological polar surface area (TPSA) is 65.5 Å². The second-order valence-electron chi connectivity index (χ2n) is 4.61. The standard InChI is InChI=1S/C15H16FNO4S/c1-12-3-6-14(7-4-12)22(18,19)21-10-2-9-20-13-5-8-15(16)17-11-13/h3-8,11H,2,9-10H2,1H3. The van der Waals surface area contributed by atoms with Gasteiger partial charge >= 0.3 is 0 Å². The summed E-state index contributed by atoms with van der Waals surface area (Å²) >= 11 is 0. The Bertz CT molecular complexity index is 699.